The number of nitrogens with one attached hydrogen (secondary N) is 1. The van der Waals surface area contributed by atoms with Gasteiger partial charge in [0.15, 0.2) is 0 Å². The number of carbonyl (C=O) groups is 1. The van der Waals surface area contributed by atoms with Gasteiger partial charge in [0.05, 0.1) is 27.7 Å². The van der Waals surface area contributed by atoms with Crippen LogP contribution in [0, 0.1) is 0 Å². The van der Waals surface area contributed by atoms with Gasteiger partial charge in [-0.15, -0.1) is 11.8 Å². The third kappa shape index (κ3) is 5.31. The number of para-hydroxylation sites is 1. The van der Waals surface area contributed by atoms with Crippen LogP contribution in [0.4, 0.5) is 11.4 Å². The van der Waals surface area contributed by atoms with Crippen LogP contribution in [-0.2, 0) is 14.8 Å². The first-order valence-electron chi connectivity index (χ1n) is 8.07. The second-order valence-electron chi connectivity index (χ2n) is 5.77. The Labute approximate surface area is 174 Å². The average molecular weight is 447 g/mol. The van der Waals surface area contributed by atoms with Gasteiger partial charge in [0, 0.05) is 4.90 Å². The number of benzene rings is 2. The molecule has 2 aromatic rings. The van der Waals surface area contributed by atoms with Gasteiger partial charge < -0.3 is 5.32 Å². The van der Waals surface area contributed by atoms with Gasteiger partial charge in [-0.1, -0.05) is 42.3 Å². The number of hydrogen-bond donors (Lipinski definition) is 1. The molecule has 0 spiro atoms. The monoisotopic (exact) mass is 446 g/mol. The summed E-state index contributed by atoms with van der Waals surface area (Å²) < 4.78 is 26.0. The Bertz CT molecular complexity index is 936. The van der Waals surface area contributed by atoms with Crippen LogP contribution in [0.5, 0.6) is 0 Å². The molecular formula is C18H20Cl2N2O3S2. The molecule has 1 N–H and O–H groups in total. The molecule has 0 radical (unpaired) electrons. The van der Waals surface area contributed by atoms with Gasteiger partial charge in [-0.2, -0.15) is 0 Å². The van der Waals surface area contributed by atoms with Crippen molar-refractivity contribution in [2.24, 2.45) is 0 Å². The Kier molecular flexibility index (Phi) is 7.45. The van der Waals surface area contributed by atoms with Crippen LogP contribution in [0.15, 0.2) is 47.4 Å². The van der Waals surface area contributed by atoms with Gasteiger partial charge in [-0.25, -0.2) is 8.42 Å². The molecular weight excluding hydrogens is 427 g/mol. The van der Waals surface area contributed by atoms with Crippen LogP contribution in [0.3, 0.4) is 0 Å². The standard InChI is InChI=1S/C18H20Cl2N2O3S2/c1-4-16(18(23)21-15-7-5-6-8-17(15)26-2)22(27(3,24)25)12-9-10-13(19)14(20)11-12/h5-11,16H,4H2,1-3H3,(H,21,23)/t16-/m0/s1. The quantitative estimate of drug-likeness (QED) is 0.614. The Balaban J connectivity index is 2.43. The van der Waals surface area contributed by atoms with E-state index in [0.717, 1.165) is 15.5 Å². The summed E-state index contributed by atoms with van der Waals surface area (Å²) in [6.07, 6.45) is 3.24. The fourth-order valence-corrected chi connectivity index (χ4v) is 4.70. The summed E-state index contributed by atoms with van der Waals surface area (Å²) in [4.78, 5) is 13.8. The maximum Gasteiger partial charge on any atom is 0.248 e. The van der Waals surface area contributed by atoms with Crippen molar-refractivity contribution in [2.75, 3.05) is 22.1 Å². The van der Waals surface area contributed by atoms with E-state index >= 15 is 0 Å². The molecule has 1 atom stereocenters. The molecule has 2 rings (SSSR count). The molecule has 0 aliphatic carbocycles. The second kappa shape index (κ2) is 9.19. The van der Waals surface area contributed by atoms with E-state index in [1.165, 1.54) is 30.0 Å². The SMILES string of the molecule is CC[C@@H](C(=O)Nc1ccccc1SC)N(c1ccc(Cl)c(Cl)c1)S(C)(=O)=O. The number of nitrogens with zero attached hydrogens (tertiary/aromatic N) is 1. The molecule has 146 valence electrons. The van der Waals surface area contributed by atoms with Gasteiger partial charge in [0.1, 0.15) is 6.04 Å². The molecule has 0 heterocycles. The minimum atomic E-state index is -3.75. The molecule has 5 nitrogen and oxygen atoms in total. The third-order valence-electron chi connectivity index (χ3n) is 3.85. The van der Waals surface area contributed by atoms with E-state index in [2.05, 4.69) is 5.32 Å². The van der Waals surface area contributed by atoms with Gasteiger partial charge in [0.2, 0.25) is 15.9 Å². The van der Waals surface area contributed by atoms with E-state index in [1.807, 2.05) is 24.5 Å². The molecule has 2 aromatic carbocycles. The van der Waals surface area contributed by atoms with E-state index in [4.69, 9.17) is 23.2 Å². The van der Waals surface area contributed by atoms with E-state index in [1.54, 1.807) is 13.0 Å². The third-order valence-corrected chi connectivity index (χ3v) is 6.57. The van der Waals surface area contributed by atoms with E-state index < -0.39 is 22.0 Å². The first-order valence-corrected chi connectivity index (χ1v) is 11.9. The number of anilines is 2. The Morgan fingerprint density at radius 3 is 2.41 bits per heavy atom. The molecule has 0 aliphatic heterocycles. The van der Waals surface area contributed by atoms with Crippen molar-refractivity contribution < 1.29 is 13.2 Å². The fourth-order valence-electron chi connectivity index (χ4n) is 2.65. The van der Waals surface area contributed by atoms with Crippen molar-refractivity contribution in [3.05, 3.63) is 52.5 Å². The van der Waals surface area contributed by atoms with Gasteiger partial charge in [0.25, 0.3) is 0 Å². The number of halogens is 2. The number of amides is 1. The molecule has 0 aromatic heterocycles. The summed E-state index contributed by atoms with van der Waals surface area (Å²) in [7, 11) is -3.75. The highest BCUT2D eigenvalue weighted by molar-refractivity contribution is 7.98. The van der Waals surface area contributed by atoms with Crippen molar-refractivity contribution in [1.82, 2.24) is 0 Å². The Morgan fingerprint density at radius 2 is 1.85 bits per heavy atom. The van der Waals surface area contributed by atoms with E-state index in [9.17, 15) is 13.2 Å². The Hall–Kier alpha value is -1.41. The molecule has 0 fully saturated rings. The lowest BCUT2D eigenvalue weighted by atomic mass is 10.2. The molecule has 0 saturated carbocycles. The predicted molar refractivity (Wildman–Crippen MR) is 115 cm³/mol. The molecule has 0 aliphatic rings. The van der Waals surface area contributed by atoms with Gasteiger partial charge in [-0.3, -0.25) is 9.10 Å². The molecule has 27 heavy (non-hydrogen) atoms. The highest BCUT2D eigenvalue weighted by Gasteiger charge is 2.32. The summed E-state index contributed by atoms with van der Waals surface area (Å²) in [6.45, 7) is 1.75. The minimum absolute atomic E-state index is 0.214. The van der Waals surface area contributed by atoms with Crippen molar-refractivity contribution in [3.63, 3.8) is 0 Å². The zero-order valence-corrected chi connectivity index (χ0v) is 18.2. The van der Waals surface area contributed by atoms with Crippen LogP contribution in [0.1, 0.15) is 13.3 Å². The lowest BCUT2D eigenvalue weighted by Gasteiger charge is -2.30. The highest BCUT2D eigenvalue weighted by atomic mass is 35.5. The first-order chi connectivity index (χ1) is 12.7. The lowest BCUT2D eigenvalue weighted by molar-refractivity contribution is -0.117. The van der Waals surface area contributed by atoms with E-state index in [-0.39, 0.29) is 17.1 Å². The van der Waals surface area contributed by atoms with Crippen molar-refractivity contribution in [2.45, 2.75) is 24.3 Å². The first kappa shape index (κ1) is 21.9. The van der Waals surface area contributed by atoms with Gasteiger partial charge in [-0.05, 0) is 43.0 Å². The predicted octanol–water partition coefficient (Wildman–Crippen LogP) is 4.90. The number of hydrogen-bond acceptors (Lipinski definition) is 4. The van der Waals surface area contributed by atoms with Crippen LogP contribution in [0.2, 0.25) is 10.0 Å². The van der Waals surface area contributed by atoms with Crippen molar-refractivity contribution >= 4 is 62.3 Å². The minimum Gasteiger partial charge on any atom is -0.323 e. The lowest BCUT2D eigenvalue weighted by Crippen LogP contribution is -2.47. The van der Waals surface area contributed by atoms with E-state index in [0.29, 0.717) is 10.7 Å². The van der Waals surface area contributed by atoms with Crippen LogP contribution >= 0.6 is 35.0 Å². The number of carbonyl (C=O) groups excluding carboxylic acids is 1. The summed E-state index contributed by atoms with van der Waals surface area (Å²) in [5, 5.41) is 3.36. The molecule has 0 bridgehead atoms. The Morgan fingerprint density at radius 1 is 1.19 bits per heavy atom. The largest absolute Gasteiger partial charge is 0.323 e. The maximum absolute atomic E-state index is 12.9. The summed E-state index contributed by atoms with van der Waals surface area (Å²) in [5.41, 5.74) is 0.920. The molecule has 9 heteroatoms. The average Bonchev–Trinajstić information content (AvgIpc) is 2.61. The zero-order chi connectivity index (χ0) is 20.2. The van der Waals surface area contributed by atoms with Crippen molar-refractivity contribution in [3.8, 4) is 0 Å². The topological polar surface area (TPSA) is 66.5 Å². The zero-order valence-electron chi connectivity index (χ0n) is 15.1. The van der Waals surface area contributed by atoms with Gasteiger partial charge >= 0.3 is 0 Å². The summed E-state index contributed by atoms with van der Waals surface area (Å²) in [6, 6.07) is 10.9. The second-order valence-corrected chi connectivity index (χ2v) is 9.29. The maximum atomic E-state index is 12.9. The summed E-state index contributed by atoms with van der Waals surface area (Å²) >= 11 is 13.5. The van der Waals surface area contributed by atoms with Crippen LogP contribution in [-0.4, -0.2) is 32.9 Å². The smallest absolute Gasteiger partial charge is 0.248 e. The van der Waals surface area contributed by atoms with Crippen molar-refractivity contribution in [1.29, 1.82) is 0 Å². The fraction of sp³-hybridized carbons (Fsp3) is 0.278. The number of thioether (sulfide) groups is 1. The number of sulfonamides is 1. The molecule has 0 unspecified atom stereocenters. The molecule has 0 saturated heterocycles. The number of rotatable bonds is 7. The molecule has 1 amide bonds. The van der Waals surface area contributed by atoms with Crippen LogP contribution in [0.25, 0.3) is 0 Å². The highest BCUT2D eigenvalue weighted by Crippen LogP contribution is 2.31. The normalized spacial score (nSPS) is 12.5. The summed E-state index contributed by atoms with van der Waals surface area (Å²) in [5.74, 6) is -0.421. The van der Waals surface area contributed by atoms with Crippen LogP contribution < -0.4 is 9.62 Å².